The standard InChI is InChI=1S/C41H44N4O4.C36H35N3O3.C25H22O4.C10H13NO2.CH3Cl/c1-29(2)38(42)39(47)44-36(37(46)25-31(40(48)49-3)24-30-16-8-4-9-17-30)26-35-27-43-28-45(35)41(32-18-10-5-11-19-32,33-20-12-6-13-21-33)34-22-14-7-15-23-34;1-42-35(41)28(22-27-14-6-2-7-15-27)23-34(40)33(37)24-32-25-38-26-39(32)36(29-16-8-3-9-17-29,30-18-10-4-11-19-30)31-20-12-5-13-21-31;26-24(15-18(25(27)28)14-17-8-2-1-3-9-17)29-16-23-21-12-6-4-10-19(21)20-11-5-7-13-22(20)23;1-13-10(12)9(11)7-8-5-3-2-4-6-8;1-2/h4-23,27-29,31,36,38H,24-26,42H2,1-3H3,(H,44,47);2-21,25-26,28,33H,22-24,37H2,1H3;1-13,18,23H,14-16H2,(H,27,28);2-6,9H,7,11H2,1H3;1H3/t31-,36+,38+;28-,33+;18-;9-;/m1110./s1. The van der Waals surface area contributed by atoms with Crippen LogP contribution in [0, 0.1) is 23.7 Å². The predicted octanol–water partition coefficient (Wildman–Crippen LogP) is 17.6. The van der Waals surface area contributed by atoms with Gasteiger partial charge >= 0.3 is 29.8 Å². The van der Waals surface area contributed by atoms with Gasteiger partial charge in [0, 0.05) is 61.8 Å². The van der Waals surface area contributed by atoms with E-state index in [2.05, 4.69) is 138 Å². The molecule has 135 heavy (non-hydrogen) atoms. The third kappa shape index (κ3) is 26.2. The lowest BCUT2D eigenvalue weighted by Crippen LogP contribution is -2.52. The number of carbonyl (C=O) groups excluding carboxylic acids is 7. The van der Waals surface area contributed by atoms with Crippen LogP contribution in [-0.4, -0.2) is 130 Å². The number of nitrogens with zero attached hydrogens (tertiary/aromatic N) is 4. The van der Waals surface area contributed by atoms with Crippen LogP contribution in [0.3, 0.4) is 0 Å². The maximum absolute atomic E-state index is 14.3. The van der Waals surface area contributed by atoms with Gasteiger partial charge in [-0.3, -0.25) is 38.4 Å². The van der Waals surface area contributed by atoms with Crippen molar-refractivity contribution in [1.29, 1.82) is 0 Å². The molecule has 0 bridgehead atoms. The Bertz CT molecular complexity index is 5830. The van der Waals surface area contributed by atoms with Crippen LogP contribution in [0.15, 0.2) is 377 Å². The van der Waals surface area contributed by atoms with E-state index in [0.717, 1.165) is 83.6 Å². The van der Waals surface area contributed by atoms with Gasteiger partial charge in [0.25, 0.3) is 0 Å². The Morgan fingerprint density at radius 3 is 1.01 bits per heavy atom. The Kier molecular flexibility index (Phi) is 38.0. The van der Waals surface area contributed by atoms with Crippen molar-refractivity contribution in [3.05, 3.63) is 455 Å². The number of fused-ring (bicyclic) bond motifs is 3. The number of ketones is 2. The van der Waals surface area contributed by atoms with Gasteiger partial charge in [0.2, 0.25) is 5.91 Å². The molecular weight excluding hydrogens is 1710 g/mol. The number of carboxylic acid groups (broad SMARTS) is 1. The highest BCUT2D eigenvalue weighted by Crippen LogP contribution is 2.47. The van der Waals surface area contributed by atoms with Gasteiger partial charge in [0.15, 0.2) is 11.6 Å². The minimum Gasteiger partial charge on any atom is -0.481 e. The van der Waals surface area contributed by atoms with E-state index in [9.17, 15) is 43.5 Å². The van der Waals surface area contributed by atoms with Crippen LogP contribution >= 0.6 is 11.6 Å². The van der Waals surface area contributed by atoms with Crippen molar-refractivity contribution in [2.24, 2.45) is 40.9 Å². The van der Waals surface area contributed by atoms with Crippen LogP contribution in [0.4, 0.5) is 0 Å². The average Bonchev–Trinajstić information content (AvgIpc) is 1.50. The van der Waals surface area contributed by atoms with Crippen molar-refractivity contribution in [3.8, 4) is 11.1 Å². The molecule has 14 aromatic rings. The fourth-order valence-electron chi connectivity index (χ4n) is 17.3. The second-order valence-corrected chi connectivity index (χ2v) is 33.3. The summed E-state index contributed by atoms with van der Waals surface area (Å²) in [7, 11) is 4.01. The summed E-state index contributed by atoms with van der Waals surface area (Å²) in [6.45, 7) is 3.93. The molecule has 0 fully saturated rings. The third-order valence-electron chi connectivity index (χ3n) is 24.2. The van der Waals surface area contributed by atoms with Gasteiger partial charge in [-0.2, -0.15) is 0 Å². The minimum absolute atomic E-state index is 0.00191. The minimum atomic E-state index is -0.990. The molecule has 0 spiro atoms. The second kappa shape index (κ2) is 50.9. The lowest BCUT2D eigenvalue weighted by Gasteiger charge is -2.39. The number of alkyl halides is 1. The molecule has 15 rings (SSSR count). The van der Waals surface area contributed by atoms with E-state index in [4.69, 9.17) is 31.4 Å². The van der Waals surface area contributed by atoms with Crippen molar-refractivity contribution in [2.75, 3.05) is 34.3 Å². The highest BCUT2D eigenvalue weighted by Gasteiger charge is 2.43. The molecule has 7 atom stereocenters. The number of nitrogens with two attached hydrogens (primary N) is 3. The first-order valence-electron chi connectivity index (χ1n) is 45.0. The molecule has 0 aliphatic heterocycles. The number of halogens is 1. The number of esters is 4. The zero-order chi connectivity index (χ0) is 96.1. The van der Waals surface area contributed by atoms with Crippen LogP contribution in [0.2, 0.25) is 0 Å². The van der Waals surface area contributed by atoms with Crippen LogP contribution < -0.4 is 22.5 Å². The van der Waals surface area contributed by atoms with Gasteiger partial charge in [-0.25, -0.2) is 9.97 Å². The zero-order valence-corrected chi connectivity index (χ0v) is 77.6. The van der Waals surface area contributed by atoms with Crippen LogP contribution in [0.5, 0.6) is 0 Å². The van der Waals surface area contributed by atoms with Crippen molar-refractivity contribution < 1.29 is 62.4 Å². The molecule has 2 aromatic heterocycles. The number of hydrogen-bond acceptors (Lipinski definition) is 17. The average molecular weight is 1830 g/mol. The van der Waals surface area contributed by atoms with E-state index >= 15 is 0 Å². The number of amides is 1. The Hall–Kier alpha value is -14.6. The summed E-state index contributed by atoms with van der Waals surface area (Å²) in [4.78, 5) is 111. The highest BCUT2D eigenvalue weighted by molar-refractivity contribution is 6.15. The summed E-state index contributed by atoms with van der Waals surface area (Å²) in [6.07, 6.45) is 10.2. The third-order valence-corrected chi connectivity index (χ3v) is 24.2. The van der Waals surface area contributed by atoms with Gasteiger partial charge in [0.1, 0.15) is 23.7 Å². The molecule has 12 aromatic carbocycles. The zero-order valence-electron chi connectivity index (χ0n) is 76.8. The first-order valence-corrected chi connectivity index (χ1v) is 45.7. The van der Waals surface area contributed by atoms with Gasteiger partial charge in [-0.1, -0.05) is 366 Å². The summed E-state index contributed by atoms with van der Waals surface area (Å²) in [5, 5.41) is 12.5. The van der Waals surface area contributed by atoms with Crippen LogP contribution in [-0.2, 0) is 107 Å². The lowest BCUT2D eigenvalue weighted by molar-refractivity contribution is -0.151. The molecule has 1 aliphatic rings. The van der Waals surface area contributed by atoms with E-state index in [1.165, 1.54) is 27.7 Å². The number of aliphatic carboxylic acids is 1. The van der Waals surface area contributed by atoms with Gasteiger partial charge in [-0.15, -0.1) is 11.6 Å². The largest absolute Gasteiger partial charge is 0.481 e. The number of Topliss-reactive ketones (excluding diaryl/α,β-unsaturated/α-hetero) is 2. The summed E-state index contributed by atoms with van der Waals surface area (Å²) in [5.41, 5.74) is 32.9. The molecule has 1 aliphatic carbocycles. The maximum Gasteiger partial charge on any atom is 0.322 e. The Morgan fingerprint density at radius 2 is 0.681 bits per heavy atom. The first-order chi connectivity index (χ1) is 65.7. The van der Waals surface area contributed by atoms with Gasteiger partial charge < -0.3 is 55.7 Å². The second-order valence-electron chi connectivity index (χ2n) is 33.3. The summed E-state index contributed by atoms with van der Waals surface area (Å²) in [6, 6.07) is 112. The van der Waals surface area contributed by atoms with E-state index in [-0.39, 0.29) is 68.1 Å². The molecule has 21 nitrogen and oxygen atoms in total. The first kappa shape index (κ1) is 101. The fourth-order valence-corrected chi connectivity index (χ4v) is 17.3. The molecule has 0 saturated carbocycles. The highest BCUT2D eigenvalue weighted by atomic mass is 35.5. The SMILES string of the molecule is CCl.COC(=O)[C@@H](CC(=O)[C@@H](N)Cc1cncn1C(c1ccccc1)(c1ccccc1)c1ccccc1)Cc1ccccc1.COC(=O)[C@@H](CC(=O)[C@H](Cc1cncn1C(c1ccccc1)(c1ccccc1)c1ccccc1)NC(=O)[C@@H](N)C(C)C)Cc1ccccc1.COC(=O)[C@@H](N)Cc1ccccc1.O=C(C[C@@H](Cc1ccccc1)C(=O)O)OCC1c2ccccc2-c2ccccc21. The molecular formula is C113H117ClN8O13. The van der Waals surface area contributed by atoms with Crippen LogP contribution in [0.25, 0.3) is 11.1 Å². The van der Waals surface area contributed by atoms with E-state index in [1.54, 1.807) is 18.7 Å². The number of benzene rings is 12. The fraction of sp³-hybridized carbons (Fsp3) is 0.239. The quantitative estimate of drug-likeness (QED) is 0.0105. The number of imidazole rings is 2. The number of methoxy groups -OCH3 is 3. The number of carbonyl (C=O) groups is 8. The Morgan fingerprint density at radius 1 is 0.378 bits per heavy atom. The molecule has 0 unspecified atom stereocenters. The molecule has 0 saturated heterocycles. The number of aromatic nitrogens is 4. The topological polar surface area (TPSA) is 319 Å². The number of ether oxygens (including phenoxy) is 4. The summed E-state index contributed by atoms with van der Waals surface area (Å²) in [5.74, 6) is -5.98. The number of nitrogens with one attached hydrogen (secondary N) is 1. The smallest absolute Gasteiger partial charge is 0.322 e. The van der Waals surface area contributed by atoms with Crippen molar-refractivity contribution in [2.45, 2.75) is 113 Å². The maximum atomic E-state index is 14.3. The molecule has 1 amide bonds. The monoisotopic (exact) mass is 1830 g/mol. The molecule has 22 heteroatoms. The normalized spacial score (nSPS) is 12.9. The van der Waals surface area contributed by atoms with Gasteiger partial charge in [-0.05, 0) is 109 Å². The number of hydrogen-bond donors (Lipinski definition) is 5. The lowest BCUT2D eigenvalue weighted by atomic mass is 9.76. The molecule has 0 radical (unpaired) electrons. The van der Waals surface area contributed by atoms with Crippen molar-refractivity contribution >= 4 is 58.9 Å². The predicted molar refractivity (Wildman–Crippen MR) is 527 cm³/mol. The molecule has 8 N–H and O–H groups in total. The van der Waals surface area contributed by atoms with E-state index < -0.39 is 82.8 Å². The van der Waals surface area contributed by atoms with E-state index in [0.29, 0.717) is 31.4 Å². The molecule has 694 valence electrons. The van der Waals surface area contributed by atoms with Crippen molar-refractivity contribution in [1.82, 2.24) is 24.4 Å². The Balaban J connectivity index is 0.000000184. The van der Waals surface area contributed by atoms with Crippen molar-refractivity contribution in [3.63, 3.8) is 0 Å². The number of rotatable bonds is 37. The van der Waals surface area contributed by atoms with Crippen LogP contribution in [0.1, 0.15) is 117 Å². The summed E-state index contributed by atoms with van der Waals surface area (Å²) >= 11 is 4.64. The van der Waals surface area contributed by atoms with Gasteiger partial charge in [0.05, 0.1) is 76.3 Å². The Labute approximate surface area is 795 Å². The number of carboxylic acids is 1. The van der Waals surface area contributed by atoms with E-state index in [1.807, 2.05) is 275 Å². The molecule has 2 heterocycles. The summed E-state index contributed by atoms with van der Waals surface area (Å²) < 4.78 is 24.4.